The smallest absolute Gasteiger partial charge is 0.326 e. The average Bonchev–Trinajstić information content (AvgIpc) is 2.90. The van der Waals surface area contributed by atoms with E-state index in [1.165, 1.54) is 24.4 Å². The molecule has 1 amide bonds. The van der Waals surface area contributed by atoms with Gasteiger partial charge in [-0.25, -0.2) is 4.79 Å². The van der Waals surface area contributed by atoms with Crippen molar-refractivity contribution in [3.63, 3.8) is 0 Å². The molecule has 0 aromatic carbocycles. The van der Waals surface area contributed by atoms with E-state index in [0.29, 0.717) is 5.76 Å². The summed E-state index contributed by atoms with van der Waals surface area (Å²) < 4.78 is 5.87. The highest BCUT2D eigenvalue weighted by Crippen LogP contribution is 2.11. The Bertz CT molecular complexity index is 762. The molecular formula is C14H15N3O5. The maximum atomic E-state index is 12.3. The minimum Gasteiger partial charge on any atom is -0.480 e. The number of nitrogens with zero attached hydrogens (tertiary/aromatic N) is 2. The Morgan fingerprint density at radius 3 is 2.77 bits per heavy atom. The summed E-state index contributed by atoms with van der Waals surface area (Å²) in [6.07, 6.45) is 1.62. The molecule has 116 valence electrons. The van der Waals surface area contributed by atoms with E-state index in [2.05, 4.69) is 10.5 Å². The molecule has 0 fully saturated rings. The topological polar surface area (TPSA) is 114 Å². The predicted octanol–water partition coefficient (Wildman–Crippen LogP) is 1.43. The van der Waals surface area contributed by atoms with Crippen LogP contribution >= 0.6 is 0 Å². The van der Waals surface area contributed by atoms with Crippen molar-refractivity contribution < 1.29 is 19.2 Å². The number of carbonyl (C=O) groups is 2. The summed E-state index contributed by atoms with van der Waals surface area (Å²) in [4.78, 5) is 35.4. The summed E-state index contributed by atoms with van der Waals surface area (Å²) >= 11 is 0. The first kappa shape index (κ1) is 15.5. The van der Waals surface area contributed by atoms with Crippen molar-refractivity contribution in [2.45, 2.75) is 26.3 Å². The molecule has 0 saturated heterocycles. The molecule has 1 atom stereocenters. The second-order valence-corrected chi connectivity index (χ2v) is 4.67. The van der Waals surface area contributed by atoms with Gasteiger partial charge < -0.3 is 14.9 Å². The van der Waals surface area contributed by atoms with E-state index in [-0.39, 0.29) is 17.8 Å². The van der Waals surface area contributed by atoms with Gasteiger partial charge >= 0.3 is 5.97 Å². The summed E-state index contributed by atoms with van der Waals surface area (Å²) in [7, 11) is 0. The molecule has 2 aromatic heterocycles. The van der Waals surface area contributed by atoms with Crippen LogP contribution in [0.25, 0.3) is 0 Å². The Balaban J connectivity index is 2.31. The monoisotopic (exact) mass is 305 g/mol. The SMILES string of the molecule is CC[C@H](C(=O)O)n1cccc(NC(=O)c2cc(C)on2)c1=O. The maximum absolute atomic E-state index is 12.3. The zero-order chi connectivity index (χ0) is 16.3. The highest BCUT2D eigenvalue weighted by Gasteiger charge is 2.20. The van der Waals surface area contributed by atoms with Gasteiger partial charge in [0, 0.05) is 12.3 Å². The van der Waals surface area contributed by atoms with Crippen LogP contribution in [0.5, 0.6) is 0 Å². The quantitative estimate of drug-likeness (QED) is 0.863. The van der Waals surface area contributed by atoms with Gasteiger partial charge in [-0.05, 0) is 25.5 Å². The van der Waals surface area contributed by atoms with Crippen LogP contribution in [0.2, 0.25) is 0 Å². The number of carboxylic acid groups (broad SMARTS) is 1. The first-order valence-corrected chi connectivity index (χ1v) is 6.62. The lowest BCUT2D eigenvalue weighted by Gasteiger charge is -2.14. The summed E-state index contributed by atoms with van der Waals surface area (Å²) in [5.74, 6) is -1.25. The van der Waals surface area contributed by atoms with Crippen molar-refractivity contribution in [3.05, 3.63) is 46.2 Å². The van der Waals surface area contributed by atoms with Crippen molar-refractivity contribution in [2.24, 2.45) is 0 Å². The van der Waals surface area contributed by atoms with Gasteiger partial charge in [0.25, 0.3) is 11.5 Å². The number of nitrogens with one attached hydrogen (secondary N) is 1. The van der Waals surface area contributed by atoms with Crippen LogP contribution in [0.15, 0.2) is 33.7 Å². The maximum Gasteiger partial charge on any atom is 0.326 e. The van der Waals surface area contributed by atoms with E-state index in [9.17, 15) is 14.4 Å². The highest BCUT2D eigenvalue weighted by molar-refractivity contribution is 6.02. The van der Waals surface area contributed by atoms with Gasteiger partial charge in [0.2, 0.25) is 0 Å². The second-order valence-electron chi connectivity index (χ2n) is 4.67. The molecule has 0 aliphatic heterocycles. The van der Waals surface area contributed by atoms with Crippen molar-refractivity contribution in [2.75, 3.05) is 5.32 Å². The Morgan fingerprint density at radius 2 is 2.23 bits per heavy atom. The number of anilines is 1. The summed E-state index contributed by atoms with van der Waals surface area (Å²) in [6, 6.07) is 3.34. The Labute approximate surface area is 125 Å². The Hall–Kier alpha value is -2.90. The number of amides is 1. The number of rotatable bonds is 5. The number of hydrogen-bond donors (Lipinski definition) is 2. The number of aryl methyl sites for hydroxylation is 1. The molecule has 2 rings (SSSR count). The number of hydrogen-bond acceptors (Lipinski definition) is 5. The Morgan fingerprint density at radius 1 is 1.50 bits per heavy atom. The van der Waals surface area contributed by atoms with Gasteiger partial charge in [-0.2, -0.15) is 0 Å². The number of aromatic nitrogens is 2. The largest absolute Gasteiger partial charge is 0.480 e. The molecule has 2 aromatic rings. The van der Waals surface area contributed by atoms with Crippen LogP contribution in [0.1, 0.15) is 35.6 Å². The van der Waals surface area contributed by atoms with E-state index in [4.69, 9.17) is 9.63 Å². The molecule has 0 saturated carbocycles. The molecule has 0 radical (unpaired) electrons. The highest BCUT2D eigenvalue weighted by atomic mass is 16.5. The number of aliphatic carboxylic acids is 1. The third-order valence-corrected chi connectivity index (χ3v) is 3.09. The lowest BCUT2D eigenvalue weighted by Crippen LogP contribution is -2.31. The molecule has 0 bridgehead atoms. The Kier molecular flexibility index (Phi) is 4.40. The lowest BCUT2D eigenvalue weighted by atomic mass is 10.2. The average molecular weight is 305 g/mol. The molecule has 2 N–H and O–H groups in total. The van der Waals surface area contributed by atoms with E-state index >= 15 is 0 Å². The van der Waals surface area contributed by atoms with Gasteiger partial charge in [-0.1, -0.05) is 12.1 Å². The summed E-state index contributed by atoms with van der Waals surface area (Å²) in [5.41, 5.74) is -0.573. The minimum absolute atomic E-state index is 0.0205. The van der Waals surface area contributed by atoms with Crippen LogP contribution in [0.4, 0.5) is 5.69 Å². The van der Waals surface area contributed by atoms with Gasteiger partial charge in [-0.3, -0.25) is 14.2 Å². The van der Waals surface area contributed by atoms with Crippen molar-refractivity contribution >= 4 is 17.6 Å². The summed E-state index contributed by atoms with van der Waals surface area (Å²) in [5, 5.41) is 15.1. The van der Waals surface area contributed by atoms with Gasteiger partial charge in [0.1, 0.15) is 17.5 Å². The number of carbonyl (C=O) groups excluding carboxylic acids is 1. The normalized spacial score (nSPS) is 11.9. The second kappa shape index (κ2) is 6.25. The van der Waals surface area contributed by atoms with Crippen LogP contribution in [0.3, 0.4) is 0 Å². The number of carboxylic acids is 1. The third-order valence-electron chi connectivity index (χ3n) is 3.09. The molecular weight excluding hydrogens is 290 g/mol. The first-order chi connectivity index (χ1) is 10.4. The van der Waals surface area contributed by atoms with Crippen molar-refractivity contribution in [1.29, 1.82) is 0 Å². The molecule has 0 aliphatic carbocycles. The van der Waals surface area contributed by atoms with E-state index in [1.54, 1.807) is 13.8 Å². The minimum atomic E-state index is -1.11. The van der Waals surface area contributed by atoms with Gasteiger partial charge in [0.15, 0.2) is 5.69 Å². The van der Waals surface area contributed by atoms with Crippen molar-refractivity contribution in [3.8, 4) is 0 Å². The van der Waals surface area contributed by atoms with Crippen LogP contribution in [-0.2, 0) is 4.79 Å². The molecule has 0 unspecified atom stereocenters. The standard InChI is InChI=1S/C14H15N3O5/c1-3-11(14(20)21)17-6-4-5-9(13(17)19)15-12(18)10-7-8(2)22-16-10/h4-7,11H,3H2,1-2H3,(H,15,18)(H,20,21)/t11-/m1/s1. The molecule has 0 spiro atoms. The predicted molar refractivity (Wildman–Crippen MR) is 76.9 cm³/mol. The van der Waals surface area contributed by atoms with E-state index in [1.807, 2.05) is 0 Å². The van der Waals surface area contributed by atoms with E-state index < -0.39 is 23.5 Å². The van der Waals surface area contributed by atoms with Gasteiger partial charge in [0.05, 0.1) is 0 Å². The lowest BCUT2D eigenvalue weighted by molar-refractivity contribution is -0.141. The molecule has 0 aliphatic rings. The molecule has 22 heavy (non-hydrogen) atoms. The first-order valence-electron chi connectivity index (χ1n) is 6.62. The van der Waals surface area contributed by atoms with Crippen molar-refractivity contribution in [1.82, 2.24) is 9.72 Å². The van der Waals surface area contributed by atoms with Gasteiger partial charge in [-0.15, -0.1) is 0 Å². The fourth-order valence-electron chi connectivity index (χ4n) is 2.00. The fraction of sp³-hybridized carbons (Fsp3) is 0.286. The summed E-state index contributed by atoms with van der Waals surface area (Å²) in [6.45, 7) is 3.30. The van der Waals surface area contributed by atoms with E-state index in [0.717, 1.165) is 4.57 Å². The van der Waals surface area contributed by atoms with Crippen LogP contribution < -0.4 is 10.9 Å². The fourth-order valence-corrected chi connectivity index (χ4v) is 2.00. The zero-order valence-electron chi connectivity index (χ0n) is 12.1. The number of pyridine rings is 1. The molecule has 2 heterocycles. The van der Waals surface area contributed by atoms with Crippen LogP contribution in [-0.4, -0.2) is 26.7 Å². The zero-order valence-corrected chi connectivity index (χ0v) is 12.1. The van der Waals surface area contributed by atoms with Crippen LogP contribution in [0, 0.1) is 6.92 Å². The molecule has 8 nitrogen and oxygen atoms in total. The molecule has 8 heteroatoms. The third kappa shape index (κ3) is 3.05.